The fourth-order valence-electron chi connectivity index (χ4n) is 2.59. The van der Waals surface area contributed by atoms with Gasteiger partial charge in [-0.2, -0.15) is 0 Å². The third-order valence-electron chi connectivity index (χ3n) is 4.08. The minimum absolute atomic E-state index is 0.0210. The zero-order chi connectivity index (χ0) is 19.4. The largest absolute Gasteiger partial charge is 0.465 e. The molecule has 27 heavy (non-hydrogen) atoms. The number of methoxy groups -OCH3 is 1. The van der Waals surface area contributed by atoms with E-state index < -0.39 is 22.1 Å². The Kier molecular flexibility index (Phi) is 5.64. The van der Waals surface area contributed by atoms with Gasteiger partial charge in [-0.3, -0.25) is 0 Å². The van der Waals surface area contributed by atoms with Crippen molar-refractivity contribution in [2.24, 2.45) is 0 Å². The van der Waals surface area contributed by atoms with Crippen LogP contribution in [0.3, 0.4) is 0 Å². The first-order valence-corrected chi connectivity index (χ1v) is 9.64. The summed E-state index contributed by atoms with van der Waals surface area (Å²) in [6.07, 6.45) is -0.678. The Morgan fingerprint density at radius 3 is 2.59 bits per heavy atom. The number of hydrogen-bond acceptors (Lipinski definition) is 7. The van der Waals surface area contributed by atoms with Gasteiger partial charge in [-0.05, 0) is 48.4 Å². The first-order chi connectivity index (χ1) is 12.9. The molecule has 2 aromatic rings. The van der Waals surface area contributed by atoms with Gasteiger partial charge in [0, 0.05) is 6.54 Å². The smallest absolute Gasteiger partial charge is 0.337 e. The summed E-state index contributed by atoms with van der Waals surface area (Å²) in [5, 5.41) is 10.3. The van der Waals surface area contributed by atoms with Crippen LogP contribution in [0.2, 0.25) is 0 Å². The fourth-order valence-corrected chi connectivity index (χ4v) is 3.64. The van der Waals surface area contributed by atoms with Crippen molar-refractivity contribution >= 4 is 16.0 Å². The van der Waals surface area contributed by atoms with Crippen LogP contribution in [-0.2, 0) is 14.8 Å². The molecule has 2 aromatic carbocycles. The molecular weight excluding hydrogens is 374 g/mol. The Balaban J connectivity index is 1.58. The number of rotatable bonds is 7. The Labute approximate surface area is 156 Å². The maximum atomic E-state index is 12.3. The molecule has 1 aliphatic rings. The molecule has 2 N–H and O–H groups in total. The van der Waals surface area contributed by atoms with E-state index in [1.54, 1.807) is 18.2 Å². The summed E-state index contributed by atoms with van der Waals surface area (Å²) in [5.41, 5.74) is 0.871. The first-order valence-electron chi connectivity index (χ1n) is 8.16. The maximum Gasteiger partial charge on any atom is 0.337 e. The Bertz CT molecular complexity index is 925. The number of carbonyl (C=O) groups is 1. The highest BCUT2D eigenvalue weighted by atomic mass is 32.2. The molecule has 0 spiro atoms. The summed E-state index contributed by atoms with van der Waals surface area (Å²) in [5.74, 6) is 0.624. The first kappa shape index (κ1) is 19.2. The number of aliphatic hydroxyl groups is 1. The van der Waals surface area contributed by atoms with Gasteiger partial charge in [0.05, 0.1) is 23.7 Å². The molecule has 0 radical (unpaired) electrons. The van der Waals surface area contributed by atoms with E-state index in [1.807, 2.05) is 0 Å². The zero-order valence-corrected chi connectivity index (χ0v) is 15.4. The Hall–Kier alpha value is -2.62. The van der Waals surface area contributed by atoms with E-state index in [2.05, 4.69) is 9.46 Å². The number of carbonyl (C=O) groups excluding carboxylic acids is 1. The third-order valence-corrected chi connectivity index (χ3v) is 5.55. The molecule has 1 heterocycles. The highest BCUT2D eigenvalue weighted by Gasteiger charge is 2.18. The van der Waals surface area contributed by atoms with Gasteiger partial charge in [0.25, 0.3) is 0 Å². The Morgan fingerprint density at radius 1 is 1.19 bits per heavy atom. The highest BCUT2D eigenvalue weighted by molar-refractivity contribution is 7.89. The molecule has 1 aliphatic heterocycles. The lowest BCUT2D eigenvalue weighted by molar-refractivity contribution is 0.0600. The molecule has 1 unspecified atom stereocenters. The van der Waals surface area contributed by atoms with Crippen LogP contribution in [0.25, 0.3) is 0 Å². The number of sulfonamides is 1. The van der Waals surface area contributed by atoms with Gasteiger partial charge in [-0.25, -0.2) is 17.9 Å². The molecule has 0 bridgehead atoms. The van der Waals surface area contributed by atoms with E-state index in [-0.39, 0.29) is 30.2 Å². The summed E-state index contributed by atoms with van der Waals surface area (Å²) in [6.45, 7) is 0.181. The van der Waals surface area contributed by atoms with Crippen LogP contribution in [0.4, 0.5) is 0 Å². The van der Waals surface area contributed by atoms with Gasteiger partial charge in [0.2, 0.25) is 16.8 Å². The predicted molar refractivity (Wildman–Crippen MR) is 95.1 cm³/mol. The lowest BCUT2D eigenvalue weighted by Crippen LogP contribution is -2.26. The molecule has 1 atom stereocenters. The number of nitrogens with one attached hydrogen (secondary N) is 1. The topological polar surface area (TPSA) is 111 Å². The maximum absolute atomic E-state index is 12.3. The molecular formula is C18H19NO7S. The number of aliphatic hydroxyl groups excluding tert-OH is 1. The van der Waals surface area contributed by atoms with E-state index in [9.17, 15) is 18.3 Å². The number of benzene rings is 2. The molecule has 8 nitrogen and oxygen atoms in total. The average Bonchev–Trinajstić information content (AvgIpc) is 3.15. The highest BCUT2D eigenvalue weighted by Crippen LogP contribution is 2.34. The summed E-state index contributed by atoms with van der Waals surface area (Å²) in [4.78, 5) is 11.4. The molecule has 3 rings (SSSR count). The van der Waals surface area contributed by atoms with Crippen LogP contribution in [0.15, 0.2) is 47.4 Å². The van der Waals surface area contributed by atoms with E-state index in [4.69, 9.17) is 9.47 Å². The second-order valence-electron chi connectivity index (χ2n) is 5.83. The summed E-state index contributed by atoms with van der Waals surface area (Å²) >= 11 is 0. The minimum Gasteiger partial charge on any atom is -0.465 e. The molecule has 0 saturated heterocycles. The number of esters is 1. The van der Waals surface area contributed by atoms with Crippen LogP contribution >= 0.6 is 0 Å². The van der Waals surface area contributed by atoms with E-state index in [0.717, 1.165) is 0 Å². The van der Waals surface area contributed by atoms with Crippen LogP contribution in [-0.4, -0.2) is 39.9 Å². The van der Waals surface area contributed by atoms with Gasteiger partial charge in [-0.15, -0.1) is 0 Å². The standard InChI is InChI=1S/C18H19NO7S/c1-24-18(21)12-2-5-14(6-3-12)27(22,23)19-9-8-15(20)13-4-7-16-17(10-13)26-11-25-16/h2-7,10,15,19-20H,8-9,11H2,1H3. The van der Waals surface area contributed by atoms with Gasteiger partial charge >= 0.3 is 5.97 Å². The molecule has 144 valence electrons. The third kappa shape index (κ3) is 4.38. The van der Waals surface area contributed by atoms with E-state index in [0.29, 0.717) is 17.1 Å². The van der Waals surface area contributed by atoms with Crippen LogP contribution in [0, 0.1) is 0 Å². The van der Waals surface area contributed by atoms with Crippen LogP contribution in [0.5, 0.6) is 11.5 Å². The van der Waals surface area contributed by atoms with E-state index >= 15 is 0 Å². The SMILES string of the molecule is COC(=O)c1ccc(S(=O)(=O)NCCC(O)c2ccc3c(c2)OCO3)cc1. The van der Waals surface area contributed by atoms with Crippen molar-refractivity contribution in [3.05, 3.63) is 53.6 Å². The predicted octanol–water partition coefficient (Wildman–Crippen LogP) is 1.60. The lowest BCUT2D eigenvalue weighted by atomic mass is 10.1. The summed E-state index contributed by atoms with van der Waals surface area (Å²) in [6, 6.07) is 10.5. The van der Waals surface area contributed by atoms with Crippen LogP contribution in [0.1, 0.15) is 28.4 Å². The number of ether oxygens (including phenoxy) is 3. The van der Waals surface area contributed by atoms with Crippen LogP contribution < -0.4 is 14.2 Å². The second kappa shape index (κ2) is 7.95. The summed E-state index contributed by atoms with van der Waals surface area (Å²) < 4.78 is 42.1. The average molecular weight is 393 g/mol. The number of hydrogen-bond donors (Lipinski definition) is 2. The normalized spacial score (nSPS) is 14.0. The quantitative estimate of drug-likeness (QED) is 0.688. The molecule has 0 saturated carbocycles. The monoisotopic (exact) mass is 393 g/mol. The molecule has 0 amide bonds. The molecule has 0 aliphatic carbocycles. The second-order valence-corrected chi connectivity index (χ2v) is 7.60. The van der Waals surface area contributed by atoms with Crippen molar-refractivity contribution in [3.63, 3.8) is 0 Å². The molecule has 0 aromatic heterocycles. The lowest BCUT2D eigenvalue weighted by Gasteiger charge is -2.13. The van der Waals surface area contributed by atoms with Crippen molar-refractivity contribution in [1.82, 2.24) is 4.72 Å². The van der Waals surface area contributed by atoms with Gasteiger partial charge in [0.1, 0.15) is 0 Å². The minimum atomic E-state index is -3.75. The van der Waals surface area contributed by atoms with E-state index in [1.165, 1.54) is 31.4 Å². The van der Waals surface area contributed by atoms with Gasteiger partial charge < -0.3 is 19.3 Å². The van der Waals surface area contributed by atoms with Crippen molar-refractivity contribution < 1.29 is 32.5 Å². The Morgan fingerprint density at radius 2 is 1.89 bits per heavy atom. The molecule has 0 fully saturated rings. The fraction of sp³-hybridized carbons (Fsp3) is 0.278. The van der Waals surface area contributed by atoms with Crippen molar-refractivity contribution in [2.75, 3.05) is 20.4 Å². The molecule has 9 heteroatoms. The van der Waals surface area contributed by atoms with Gasteiger partial charge in [-0.1, -0.05) is 6.07 Å². The van der Waals surface area contributed by atoms with Crippen molar-refractivity contribution in [2.45, 2.75) is 17.4 Å². The van der Waals surface area contributed by atoms with Crippen molar-refractivity contribution in [1.29, 1.82) is 0 Å². The van der Waals surface area contributed by atoms with Crippen molar-refractivity contribution in [3.8, 4) is 11.5 Å². The van der Waals surface area contributed by atoms with Gasteiger partial charge in [0.15, 0.2) is 11.5 Å². The summed E-state index contributed by atoms with van der Waals surface area (Å²) in [7, 11) is -2.50. The number of fused-ring (bicyclic) bond motifs is 1. The zero-order valence-electron chi connectivity index (χ0n) is 14.5.